The highest BCUT2D eigenvalue weighted by molar-refractivity contribution is 5.95. The standard InChI is InChI=1S/C24H27F3N2O4/c1-32-12-4-11-28-22(30)21-15-29(23(31)16-7-9-19(33-2)10-8-16)14-20(21)17-5-3-6-18(13-17)24(25,26)27/h3,5-10,13,20-21H,4,11-12,14-15H2,1-2H3,(H,28,30)/t20-,21-/m1/s1. The van der Waals surface area contributed by atoms with Gasteiger partial charge in [0.1, 0.15) is 5.75 Å². The third-order valence-corrected chi connectivity index (χ3v) is 5.75. The Bertz CT molecular complexity index is 963. The third kappa shape index (κ3) is 6.04. The van der Waals surface area contributed by atoms with Gasteiger partial charge in [-0.05, 0) is 42.3 Å². The van der Waals surface area contributed by atoms with Crippen LogP contribution in [-0.2, 0) is 15.7 Å². The molecule has 0 aliphatic carbocycles. The number of methoxy groups -OCH3 is 2. The molecule has 178 valence electrons. The molecule has 1 saturated heterocycles. The van der Waals surface area contributed by atoms with E-state index >= 15 is 0 Å². The molecule has 2 amide bonds. The summed E-state index contributed by atoms with van der Waals surface area (Å²) in [6.45, 7) is 1.11. The van der Waals surface area contributed by atoms with Crippen LogP contribution in [0.3, 0.4) is 0 Å². The van der Waals surface area contributed by atoms with Gasteiger partial charge in [0.2, 0.25) is 5.91 Å². The van der Waals surface area contributed by atoms with Gasteiger partial charge in [-0.2, -0.15) is 13.2 Å². The van der Waals surface area contributed by atoms with Gasteiger partial charge < -0.3 is 19.7 Å². The fourth-order valence-corrected chi connectivity index (χ4v) is 3.99. The first-order valence-electron chi connectivity index (χ1n) is 10.6. The van der Waals surface area contributed by atoms with Crippen LogP contribution in [0.5, 0.6) is 5.75 Å². The van der Waals surface area contributed by atoms with E-state index < -0.39 is 23.6 Å². The lowest BCUT2D eigenvalue weighted by molar-refractivity contribution is -0.137. The quantitative estimate of drug-likeness (QED) is 0.605. The van der Waals surface area contributed by atoms with Crippen molar-refractivity contribution in [2.75, 3.05) is 40.5 Å². The molecule has 6 nitrogen and oxygen atoms in total. The molecule has 1 fully saturated rings. The van der Waals surface area contributed by atoms with Gasteiger partial charge in [0, 0.05) is 44.8 Å². The van der Waals surface area contributed by atoms with Gasteiger partial charge in [-0.25, -0.2) is 0 Å². The van der Waals surface area contributed by atoms with E-state index in [1.54, 1.807) is 37.4 Å². The summed E-state index contributed by atoms with van der Waals surface area (Å²) in [6.07, 6.45) is -3.89. The monoisotopic (exact) mass is 464 g/mol. The number of likely N-dealkylation sites (tertiary alicyclic amines) is 1. The number of hydrogen-bond acceptors (Lipinski definition) is 4. The summed E-state index contributed by atoms with van der Waals surface area (Å²) in [5, 5.41) is 2.82. The lowest BCUT2D eigenvalue weighted by Crippen LogP contribution is -2.36. The maximum Gasteiger partial charge on any atom is 0.416 e. The number of carbonyl (C=O) groups is 2. The zero-order valence-electron chi connectivity index (χ0n) is 18.5. The summed E-state index contributed by atoms with van der Waals surface area (Å²) in [5.41, 5.74) is 0.0193. The Balaban J connectivity index is 1.84. The Kier molecular flexibility index (Phi) is 7.97. The van der Waals surface area contributed by atoms with Gasteiger partial charge in [0.05, 0.1) is 18.6 Å². The van der Waals surface area contributed by atoms with Gasteiger partial charge in [-0.3, -0.25) is 9.59 Å². The molecule has 0 spiro atoms. The zero-order chi connectivity index (χ0) is 24.0. The predicted octanol–water partition coefficient (Wildman–Crippen LogP) is 3.72. The van der Waals surface area contributed by atoms with E-state index in [1.807, 2.05) is 0 Å². The molecule has 0 bridgehead atoms. The summed E-state index contributed by atoms with van der Waals surface area (Å²) in [5.74, 6) is -1.21. The van der Waals surface area contributed by atoms with E-state index in [0.29, 0.717) is 36.4 Å². The number of carbonyl (C=O) groups excluding carboxylic acids is 2. The van der Waals surface area contributed by atoms with Crippen LogP contribution in [0.2, 0.25) is 0 Å². The van der Waals surface area contributed by atoms with Crippen molar-refractivity contribution in [1.82, 2.24) is 10.2 Å². The van der Waals surface area contributed by atoms with Gasteiger partial charge in [0.15, 0.2) is 0 Å². The topological polar surface area (TPSA) is 67.9 Å². The van der Waals surface area contributed by atoms with Crippen molar-refractivity contribution in [2.24, 2.45) is 5.92 Å². The highest BCUT2D eigenvalue weighted by Crippen LogP contribution is 2.37. The molecule has 1 aliphatic rings. The second-order valence-electron chi connectivity index (χ2n) is 7.91. The summed E-state index contributed by atoms with van der Waals surface area (Å²) < 4.78 is 49.9. The Labute approximate surface area is 190 Å². The lowest BCUT2D eigenvalue weighted by Gasteiger charge is -2.19. The van der Waals surface area contributed by atoms with Crippen LogP contribution in [0.4, 0.5) is 13.2 Å². The van der Waals surface area contributed by atoms with Crippen LogP contribution < -0.4 is 10.1 Å². The molecule has 1 heterocycles. The number of nitrogens with one attached hydrogen (secondary N) is 1. The average Bonchev–Trinajstić information content (AvgIpc) is 3.26. The van der Waals surface area contributed by atoms with Crippen LogP contribution in [-0.4, -0.2) is 57.2 Å². The number of amides is 2. The molecule has 0 unspecified atom stereocenters. The van der Waals surface area contributed by atoms with Gasteiger partial charge in [0.25, 0.3) is 5.91 Å². The smallest absolute Gasteiger partial charge is 0.416 e. The van der Waals surface area contributed by atoms with Crippen molar-refractivity contribution in [3.05, 3.63) is 65.2 Å². The number of alkyl halides is 3. The molecular formula is C24H27F3N2O4. The Morgan fingerprint density at radius 1 is 1.09 bits per heavy atom. The van der Waals surface area contributed by atoms with Gasteiger partial charge in [-0.1, -0.05) is 18.2 Å². The molecule has 2 aromatic rings. The number of ether oxygens (including phenoxy) is 2. The maximum absolute atomic E-state index is 13.3. The molecule has 0 aromatic heterocycles. The zero-order valence-corrected chi connectivity index (χ0v) is 18.5. The molecular weight excluding hydrogens is 437 g/mol. The highest BCUT2D eigenvalue weighted by atomic mass is 19.4. The molecule has 1 aliphatic heterocycles. The fraction of sp³-hybridized carbons (Fsp3) is 0.417. The van der Waals surface area contributed by atoms with Crippen molar-refractivity contribution in [3.63, 3.8) is 0 Å². The molecule has 0 saturated carbocycles. The lowest BCUT2D eigenvalue weighted by atomic mass is 9.87. The Morgan fingerprint density at radius 3 is 2.45 bits per heavy atom. The number of halogens is 3. The molecule has 9 heteroatoms. The van der Waals surface area contributed by atoms with Crippen LogP contribution in [0.1, 0.15) is 33.8 Å². The molecule has 2 atom stereocenters. The molecule has 3 rings (SSSR count). The minimum atomic E-state index is -4.49. The highest BCUT2D eigenvalue weighted by Gasteiger charge is 2.41. The van der Waals surface area contributed by atoms with Crippen molar-refractivity contribution in [1.29, 1.82) is 0 Å². The van der Waals surface area contributed by atoms with Crippen molar-refractivity contribution >= 4 is 11.8 Å². The molecule has 0 radical (unpaired) electrons. The molecule has 33 heavy (non-hydrogen) atoms. The normalized spacial score (nSPS) is 18.3. The number of hydrogen-bond donors (Lipinski definition) is 1. The summed E-state index contributed by atoms with van der Waals surface area (Å²) >= 11 is 0. The Morgan fingerprint density at radius 2 is 1.82 bits per heavy atom. The summed E-state index contributed by atoms with van der Waals surface area (Å²) in [4.78, 5) is 27.5. The SMILES string of the molecule is COCCCNC(=O)[C@@H]1CN(C(=O)c2ccc(OC)cc2)C[C@@H]1c1cccc(C(F)(F)F)c1. The second-order valence-corrected chi connectivity index (χ2v) is 7.91. The van der Waals surface area contributed by atoms with Crippen LogP contribution in [0.15, 0.2) is 48.5 Å². The van der Waals surface area contributed by atoms with Crippen LogP contribution in [0.25, 0.3) is 0 Å². The minimum absolute atomic E-state index is 0.113. The number of rotatable bonds is 8. The first-order valence-corrected chi connectivity index (χ1v) is 10.6. The average molecular weight is 464 g/mol. The van der Waals surface area contributed by atoms with E-state index in [-0.39, 0.29) is 24.9 Å². The minimum Gasteiger partial charge on any atom is -0.497 e. The van der Waals surface area contributed by atoms with E-state index in [0.717, 1.165) is 12.1 Å². The van der Waals surface area contributed by atoms with Crippen molar-refractivity contribution in [2.45, 2.75) is 18.5 Å². The van der Waals surface area contributed by atoms with E-state index in [9.17, 15) is 22.8 Å². The van der Waals surface area contributed by atoms with E-state index in [2.05, 4.69) is 5.32 Å². The van der Waals surface area contributed by atoms with E-state index in [1.165, 1.54) is 18.1 Å². The second kappa shape index (κ2) is 10.7. The van der Waals surface area contributed by atoms with Crippen LogP contribution in [0, 0.1) is 5.92 Å². The molecule has 2 aromatic carbocycles. The molecule has 1 N–H and O–H groups in total. The first-order chi connectivity index (χ1) is 15.7. The number of nitrogens with zero attached hydrogens (tertiary/aromatic N) is 1. The van der Waals surface area contributed by atoms with Gasteiger partial charge in [-0.15, -0.1) is 0 Å². The third-order valence-electron chi connectivity index (χ3n) is 5.75. The van der Waals surface area contributed by atoms with E-state index in [4.69, 9.17) is 9.47 Å². The van der Waals surface area contributed by atoms with Gasteiger partial charge >= 0.3 is 6.18 Å². The largest absolute Gasteiger partial charge is 0.497 e. The fourth-order valence-electron chi connectivity index (χ4n) is 3.99. The first kappa shape index (κ1) is 24.6. The summed E-state index contributed by atoms with van der Waals surface area (Å²) in [7, 11) is 3.08. The summed E-state index contributed by atoms with van der Waals surface area (Å²) in [6, 6.07) is 11.5. The maximum atomic E-state index is 13.3. The van der Waals surface area contributed by atoms with Crippen molar-refractivity contribution < 1.29 is 32.2 Å². The van der Waals surface area contributed by atoms with Crippen molar-refractivity contribution in [3.8, 4) is 5.75 Å². The Hall–Kier alpha value is -3.07. The number of benzene rings is 2. The predicted molar refractivity (Wildman–Crippen MR) is 116 cm³/mol. The van der Waals surface area contributed by atoms with Crippen LogP contribution >= 0.6 is 0 Å².